The van der Waals surface area contributed by atoms with Crippen LogP contribution in [-0.2, 0) is 4.79 Å². The van der Waals surface area contributed by atoms with Gasteiger partial charge in [0.2, 0.25) is 5.91 Å². The summed E-state index contributed by atoms with van der Waals surface area (Å²) in [5.41, 5.74) is 5.72. The van der Waals surface area contributed by atoms with Crippen LogP contribution in [-0.4, -0.2) is 29.9 Å². The van der Waals surface area contributed by atoms with Crippen LogP contribution < -0.4 is 5.73 Å². The first-order valence-electron chi connectivity index (χ1n) is 5.73. The van der Waals surface area contributed by atoms with Crippen molar-refractivity contribution in [3.8, 4) is 0 Å². The minimum Gasteiger partial charge on any atom is -0.341 e. The van der Waals surface area contributed by atoms with E-state index < -0.39 is 0 Å². The summed E-state index contributed by atoms with van der Waals surface area (Å²) in [6.07, 6.45) is 4.28. The monoisotopic (exact) mass is 198 g/mol. The number of nitrogens with zero attached hydrogens (tertiary/aromatic N) is 1. The molecule has 1 aliphatic rings. The molecule has 14 heavy (non-hydrogen) atoms. The van der Waals surface area contributed by atoms with E-state index in [2.05, 4.69) is 6.92 Å². The largest absolute Gasteiger partial charge is 0.341 e. The van der Waals surface area contributed by atoms with Crippen molar-refractivity contribution in [3.05, 3.63) is 0 Å². The van der Waals surface area contributed by atoms with Crippen LogP contribution in [0.4, 0.5) is 0 Å². The van der Waals surface area contributed by atoms with Gasteiger partial charge in [-0.3, -0.25) is 4.79 Å². The first-order chi connectivity index (χ1) is 6.69. The van der Waals surface area contributed by atoms with E-state index in [0.29, 0.717) is 0 Å². The van der Waals surface area contributed by atoms with Crippen molar-refractivity contribution in [3.63, 3.8) is 0 Å². The van der Waals surface area contributed by atoms with Gasteiger partial charge in [0.25, 0.3) is 0 Å². The van der Waals surface area contributed by atoms with Gasteiger partial charge in [0.1, 0.15) is 0 Å². The minimum atomic E-state index is -0.284. The SMILES string of the molecule is CCC1CCN(C(=O)[C@H](N)CC)CC1. The van der Waals surface area contributed by atoms with Gasteiger partial charge in [-0.1, -0.05) is 20.3 Å². The van der Waals surface area contributed by atoms with Gasteiger partial charge in [0, 0.05) is 13.1 Å². The van der Waals surface area contributed by atoms with Gasteiger partial charge in [-0.15, -0.1) is 0 Å². The lowest BCUT2D eigenvalue weighted by molar-refractivity contribution is -0.134. The Morgan fingerprint density at radius 3 is 2.43 bits per heavy atom. The Bertz CT molecular complexity index is 186. The van der Waals surface area contributed by atoms with E-state index in [1.54, 1.807) is 0 Å². The molecule has 1 saturated heterocycles. The molecule has 2 N–H and O–H groups in total. The fourth-order valence-electron chi connectivity index (χ4n) is 1.97. The smallest absolute Gasteiger partial charge is 0.239 e. The number of rotatable bonds is 3. The highest BCUT2D eigenvalue weighted by Crippen LogP contribution is 2.20. The molecule has 0 saturated carbocycles. The molecular formula is C11H22N2O. The second-order valence-corrected chi connectivity index (χ2v) is 4.19. The number of hydrogen-bond acceptors (Lipinski definition) is 2. The van der Waals surface area contributed by atoms with E-state index in [9.17, 15) is 4.79 Å². The van der Waals surface area contributed by atoms with Crippen LogP contribution in [0.2, 0.25) is 0 Å². The first kappa shape index (κ1) is 11.5. The maximum atomic E-state index is 11.7. The summed E-state index contributed by atoms with van der Waals surface area (Å²) >= 11 is 0. The van der Waals surface area contributed by atoms with Crippen LogP contribution >= 0.6 is 0 Å². The fraction of sp³-hybridized carbons (Fsp3) is 0.909. The highest BCUT2D eigenvalue weighted by Gasteiger charge is 2.24. The Balaban J connectivity index is 2.37. The molecular weight excluding hydrogens is 176 g/mol. The number of amides is 1. The third kappa shape index (κ3) is 2.71. The number of piperidine rings is 1. The summed E-state index contributed by atoms with van der Waals surface area (Å²) in [7, 11) is 0. The summed E-state index contributed by atoms with van der Waals surface area (Å²) in [6.45, 7) is 6.00. The van der Waals surface area contributed by atoms with Crippen molar-refractivity contribution < 1.29 is 4.79 Å². The molecule has 1 heterocycles. The molecule has 0 aromatic heterocycles. The van der Waals surface area contributed by atoms with Crippen LogP contribution in [0.25, 0.3) is 0 Å². The van der Waals surface area contributed by atoms with E-state index in [-0.39, 0.29) is 11.9 Å². The van der Waals surface area contributed by atoms with Crippen molar-refractivity contribution in [2.75, 3.05) is 13.1 Å². The average Bonchev–Trinajstić information content (AvgIpc) is 2.27. The lowest BCUT2D eigenvalue weighted by Crippen LogP contribution is -2.46. The molecule has 1 fully saturated rings. The number of carbonyl (C=O) groups excluding carboxylic acids is 1. The first-order valence-corrected chi connectivity index (χ1v) is 5.73. The molecule has 3 heteroatoms. The predicted octanol–water partition coefficient (Wildman–Crippen LogP) is 1.37. The van der Waals surface area contributed by atoms with Crippen molar-refractivity contribution >= 4 is 5.91 Å². The molecule has 0 bridgehead atoms. The normalized spacial score (nSPS) is 20.9. The van der Waals surface area contributed by atoms with Crippen LogP contribution in [0, 0.1) is 5.92 Å². The zero-order valence-corrected chi connectivity index (χ0v) is 9.33. The van der Waals surface area contributed by atoms with E-state index in [4.69, 9.17) is 5.73 Å². The quantitative estimate of drug-likeness (QED) is 0.744. The Morgan fingerprint density at radius 1 is 1.43 bits per heavy atom. The van der Waals surface area contributed by atoms with Gasteiger partial charge >= 0.3 is 0 Å². The Morgan fingerprint density at radius 2 is 2.00 bits per heavy atom. The summed E-state index contributed by atoms with van der Waals surface area (Å²) < 4.78 is 0. The third-order valence-corrected chi connectivity index (χ3v) is 3.26. The number of carbonyl (C=O) groups is 1. The Hall–Kier alpha value is -0.570. The molecule has 3 nitrogen and oxygen atoms in total. The Kier molecular flexibility index (Phi) is 4.39. The lowest BCUT2D eigenvalue weighted by atomic mass is 9.94. The van der Waals surface area contributed by atoms with E-state index in [1.807, 2.05) is 11.8 Å². The average molecular weight is 198 g/mol. The topological polar surface area (TPSA) is 46.3 Å². The minimum absolute atomic E-state index is 0.141. The highest BCUT2D eigenvalue weighted by molar-refractivity contribution is 5.81. The highest BCUT2D eigenvalue weighted by atomic mass is 16.2. The van der Waals surface area contributed by atoms with Crippen molar-refractivity contribution in [1.29, 1.82) is 0 Å². The van der Waals surface area contributed by atoms with Gasteiger partial charge in [-0.05, 0) is 25.2 Å². The molecule has 1 rings (SSSR count). The second kappa shape index (κ2) is 5.35. The third-order valence-electron chi connectivity index (χ3n) is 3.26. The van der Waals surface area contributed by atoms with E-state index >= 15 is 0 Å². The summed E-state index contributed by atoms with van der Waals surface area (Å²) in [4.78, 5) is 13.7. The van der Waals surface area contributed by atoms with Crippen LogP contribution in [0.3, 0.4) is 0 Å². The molecule has 0 spiro atoms. The molecule has 0 aromatic rings. The molecule has 1 aliphatic heterocycles. The molecule has 1 amide bonds. The van der Waals surface area contributed by atoms with Crippen molar-refractivity contribution in [1.82, 2.24) is 4.90 Å². The van der Waals surface area contributed by atoms with Crippen molar-refractivity contribution in [2.24, 2.45) is 11.7 Å². The number of hydrogen-bond donors (Lipinski definition) is 1. The Labute approximate surface area is 86.6 Å². The second-order valence-electron chi connectivity index (χ2n) is 4.19. The molecule has 1 atom stereocenters. The van der Waals surface area contributed by atoms with Gasteiger partial charge in [-0.2, -0.15) is 0 Å². The van der Waals surface area contributed by atoms with Crippen LogP contribution in [0.1, 0.15) is 39.5 Å². The summed E-state index contributed by atoms with van der Waals surface area (Å²) in [5.74, 6) is 0.957. The molecule has 0 radical (unpaired) electrons. The molecule has 0 unspecified atom stereocenters. The number of nitrogens with two attached hydrogens (primary N) is 1. The zero-order valence-electron chi connectivity index (χ0n) is 9.33. The van der Waals surface area contributed by atoms with Gasteiger partial charge in [0.15, 0.2) is 0 Å². The number of likely N-dealkylation sites (tertiary alicyclic amines) is 1. The standard InChI is InChI=1S/C11H22N2O/c1-3-9-5-7-13(8-6-9)11(14)10(12)4-2/h9-10H,3-8,12H2,1-2H3/t10-/m1/s1. The molecule has 0 aliphatic carbocycles. The van der Waals surface area contributed by atoms with E-state index in [1.165, 1.54) is 6.42 Å². The molecule has 82 valence electrons. The summed E-state index contributed by atoms with van der Waals surface area (Å²) in [5, 5.41) is 0. The van der Waals surface area contributed by atoms with Crippen LogP contribution in [0.15, 0.2) is 0 Å². The van der Waals surface area contributed by atoms with Gasteiger partial charge in [0.05, 0.1) is 6.04 Å². The van der Waals surface area contributed by atoms with Crippen molar-refractivity contribution in [2.45, 2.75) is 45.6 Å². The predicted molar refractivity (Wildman–Crippen MR) is 57.9 cm³/mol. The summed E-state index contributed by atoms with van der Waals surface area (Å²) in [6, 6.07) is -0.284. The maximum Gasteiger partial charge on any atom is 0.239 e. The zero-order chi connectivity index (χ0) is 10.6. The van der Waals surface area contributed by atoms with Gasteiger partial charge in [-0.25, -0.2) is 0 Å². The van der Waals surface area contributed by atoms with E-state index in [0.717, 1.165) is 38.3 Å². The maximum absolute atomic E-state index is 11.7. The lowest BCUT2D eigenvalue weighted by Gasteiger charge is -2.32. The van der Waals surface area contributed by atoms with Gasteiger partial charge < -0.3 is 10.6 Å². The van der Waals surface area contributed by atoms with Crippen LogP contribution in [0.5, 0.6) is 0 Å². The fourth-order valence-corrected chi connectivity index (χ4v) is 1.97. The molecule has 0 aromatic carbocycles.